The van der Waals surface area contributed by atoms with E-state index in [4.69, 9.17) is 4.42 Å². The molecule has 0 unspecified atom stereocenters. The summed E-state index contributed by atoms with van der Waals surface area (Å²) in [6.07, 6.45) is 3.76. The summed E-state index contributed by atoms with van der Waals surface area (Å²) in [4.78, 5) is 12.9. The minimum Gasteiger partial charge on any atom is -0.423 e. The van der Waals surface area contributed by atoms with Crippen molar-refractivity contribution in [3.8, 4) is 11.5 Å². The third kappa shape index (κ3) is 2.80. The van der Waals surface area contributed by atoms with E-state index in [1.165, 1.54) is 18.5 Å². The number of aromatic nitrogens is 2. The summed E-state index contributed by atoms with van der Waals surface area (Å²) in [6.45, 7) is 0. The first-order valence-corrected chi connectivity index (χ1v) is 8.11. The lowest BCUT2D eigenvalue weighted by molar-refractivity contribution is -0.124. The van der Waals surface area contributed by atoms with E-state index in [1.807, 2.05) is 18.2 Å². The quantitative estimate of drug-likeness (QED) is 0.783. The van der Waals surface area contributed by atoms with E-state index in [9.17, 15) is 9.18 Å². The number of hydrogen-bond donors (Lipinski definition) is 1. The number of benzene rings is 2. The molecule has 4 rings (SSSR count). The van der Waals surface area contributed by atoms with Crippen molar-refractivity contribution in [1.82, 2.24) is 10.2 Å². The molecule has 0 atom stereocenters. The highest BCUT2D eigenvalue weighted by Crippen LogP contribution is 2.44. The standard InChI is InChI=1S/C19H16FN3O2/c20-15-7-5-14(6-8-15)19(9-2-10-19)18(24)22-16-4-1-3-13(11-16)17-23-21-12-25-17/h1,3-8,11-12H,2,9-10H2,(H,22,24). The predicted octanol–water partition coefficient (Wildman–Crippen LogP) is 3.94. The van der Waals surface area contributed by atoms with Gasteiger partial charge in [0, 0.05) is 11.3 Å². The predicted molar refractivity (Wildman–Crippen MR) is 90.3 cm³/mol. The molecule has 0 radical (unpaired) electrons. The van der Waals surface area contributed by atoms with E-state index in [2.05, 4.69) is 15.5 Å². The van der Waals surface area contributed by atoms with Crippen LogP contribution in [-0.2, 0) is 10.2 Å². The van der Waals surface area contributed by atoms with Crippen LogP contribution in [0.3, 0.4) is 0 Å². The van der Waals surface area contributed by atoms with Crippen LogP contribution in [0.5, 0.6) is 0 Å². The summed E-state index contributed by atoms with van der Waals surface area (Å²) in [7, 11) is 0. The molecule has 3 aromatic rings. The number of halogens is 1. The molecule has 1 heterocycles. The lowest BCUT2D eigenvalue weighted by Gasteiger charge is -2.40. The molecule has 5 nitrogen and oxygen atoms in total. The molecule has 2 aromatic carbocycles. The number of nitrogens with one attached hydrogen (secondary N) is 1. The maximum Gasteiger partial charge on any atom is 0.247 e. The highest BCUT2D eigenvalue weighted by Gasteiger charge is 2.45. The Morgan fingerprint density at radius 1 is 1.16 bits per heavy atom. The molecule has 6 heteroatoms. The Hall–Kier alpha value is -3.02. The summed E-state index contributed by atoms with van der Waals surface area (Å²) >= 11 is 0. The molecule has 1 fully saturated rings. The number of anilines is 1. The van der Waals surface area contributed by atoms with Crippen LogP contribution in [0.4, 0.5) is 10.1 Å². The molecule has 1 aromatic heterocycles. The van der Waals surface area contributed by atoms with Crippen LogP contribution in [-0.4, -0.2) is 16.1 Å². The van der Waals surface area contributed by atoms with E-state index in [-0.39, 0.29) is 11.7 Å². The van der Waals surface area contributed by atoms with Crippen LogP contribution < -0.4 is 5.32 Å². The summed E-state index contributed by atoms with van der Waals surface area (Å²) < 4.78 is 18.4. The Morgan fingerprint density at radius 3 is 2.60 bits per heavy atom. The van der Waals surface area contributed by atoms with Gasteiger partial charge in [0.25, 0.3) is 0 Å². The Balaban J connectivity index is 1.59. The molecule has 1 saturated carbocycles. The van der Waals surface area contributed by atoms with Crippen molar-refractivity contribution in [2.75, 3.05) is 5.32 Å². The molecule has 1 aliphatic carbocycles. The van der Waals surface area contributed by atoms with E-state index >= 15 is 0 Å². The van der Waals surface area contributed by atoms with Crippen LogP contribution in [0, 0.1) is 5.82 Å². The fourth-order valence-electron chi connectivity index (χ4n) is 3.23. The molecule has 1 amide bonds. The van der Waals surface area contributed by atoms with E-state index < -0.39 is 5.41 Å². The number of hydrogen-bond acceptors (Lipinski definition) is 4. The first kappa shape index (κ1) is 15.5. The number of nitrogens with zero attached hydrogens (tertiary/aromatic N) is 2. The van der Waals surface area contributed by atoms with Crippen molar-refractivity contribution in [3.05, 3.63) is 66.3 Å². The normalized spacial score (nSPS) is 15.4. The second kappa shape index (κ2) is 6.12. The SMILES string of the molecule is O=C(Nc1cccc(-c2nnco2)c1)C1(c2ccc(F)cc2)CCC1. The lowest BCUT2D eigenvalue weighted by atomic mass is 9.64. The van der Waals surface area contributed by atoms with Gasteiger partial charge in [-0.05, 0) is 48.7 Å². The summed E-state index contributed by atoms with van der Waals surface area (Å²) in [5, 5.41) is 10.5. The van der Waals surface area contributed by atoms with Crippen molar-refractivity contribution >= 4 is 11.6 Å². The van der Waals surface area contributed by atoms with E-state index in [1.54, 1.807) is 18.2 Å². The van der Waals surface area contributed by atoms with E-state index in [0.29, 0.717) is 11.6 Å². The molecule has 0 bridgehead atoms. The van der Waals surface area contributed by atoms with Gasteiger partial charge >= 0.3 is 0 Å². The van der Waals surface area contributed by atoms with Crippen molar-refractivity contribution in [1.29, 1.82) is 0 Å². The van der Waals surface area contributed by atoms with Gasteiger partial charge in [-0.3, -0.25) is 4.79 Å². The molecule has 0 aliphatic heterocycles. The highest BCUT2D eigenvalue weighted by molar-refractivity contribution is 6.00. The van der Waals surface area contributed by atoms with Gasteiger partial charge in [-0.15, -0.1) is 10.2 Å². The second-order valence-corrected chi connectivity index (χ2v) is 6.22. The largest absolute Gasteiger partial charge is 0.423 e. The van der Waals surface area contributed by atoms with Gasteiger partial charge in [-0.1, -0.05) is 24.6 Å². The third-order valence-corrected chi connectivity index (χ3v) is 4.77. The molecule has 25 heavy (non-hydrogen) atoms. The molecule has 126 valence electrons. The van der Waals surface area contributed by atoms with Crippen LogP contribution in [0.15, 0.2) is 59.3 Å². The Morgan fingerprint density at radius 2 is 1.96 bits per heavy atom. The minimum absolute atomic E-state index is 0.0759. The van der Waals surface area contributed by atoms with Crippen molar-refractivity contribution < 1.29 is 13.6 Å². The monoisotopic (exact) mass is 337 g/mol. The maximum atomic E-state index is 13.2. The molecular formula is C19H16FN3O2. The van der Waals surface area contributed by atoms with Gasteiger partial charge in [-0.25, -0.2) is 4.39 Å². The fraction of sp³-hybridized carbons (Fsp3) is 0.211. The van der Waals surface area contributed by atoms with Crippen LogP contribution in [0.1, 0.15) is 24.8 Å². The lowest BCUT2D eigenvalue weighted by Crippen LogP contribution is -2.46. The third-order valence-electron chi connectivity index (χ3n) is 4.77. The maximum absolute atomic E-state index is 13.2. The summed E-state index contributed by atoms with van der Waals surface area (Å²) in [5.74, 6) is 0.0203. The van der Waals surface area contributed by atoms with Gasteiger partial charge in [0.15, 0.2) is 0 Å². The zero-order chi connectivity index (χ0) is 17.3. The second-order valence-electron chi connectivity index (χ2n) is 6.22. The molecular weight excluding hydrogens is 321 g/mol. The number of carbonyl (C=O) groups excluding carboxylic acids is 1. The smallest absolute Gasteiger partial charge is 0.247 e. The highest BCUT2D eigenvalue weighted by atomic mass is 19.1. The van der Waals surface area contributed by atoms with Gasteiger partial charge in [0.1, 0.15) is 5.82 Å². The number of amides is 1. The van der Waals surface area contributed by atoms with Crippen molar-refractivity contribution in [2.45, 2.75) is 24.7 Å². The zero-order valence-corrected chi connectivity index (χ0v) is 13.4. The molecule has 0 spiro atoms. The topological polar surface area (TPSA) is 68.0 Å². The molecule has 1 N–H and O–H groups in total. The van der Waals surface area contributed by atoms with Crippen LogP contribution >= 0.6 is 0 Å². The molecule has 1 aliphatic rings. The van der Waals surface area contributed by atoms with Gasteiger partial charge < -0.3 is 9.73 Å². The van der Waals surface area contributed by atoms with E-state index in [0.717, 1.165) is 30.4 Å². The zero-order valence-electron chi connectivity index (χ0n) is 13.4. The van der Waals surface area contributed by atoms with Crippen molar-refractivity contribution in [3.63, 3.8) is 0 Å². The van der Waals surface area contributed by atoms with Gasteiger partial charge in [0.2, 0.25) is 18.2 Å². The summed E-state index contributed by atoms with van der Waals surface area (Å²) in [6, 6.07) is 13.5. The Kier molecular flexibility index (Phi) is 3.80. The summed E-state index contributed by atoms with van der Waals surface area (Å²) in [5.41, 5.74) is 1.66. The number of rotatable bonds is 4. The van der Waals surface area contributed by atoms with Gasteiger partial charge in [-0.2, -0.15) is 0 Å². The Labute approximate surface area is 143 Å². The van der Waals surface area contributed by atoms with Crippen LogP contribution in [0.2, 0.25) is 0 Å². The van der Waals surface area contributed by atoms with Crippen molar-refractivity contribution in [2.24, 2.45) is 0 Å². The molecule has 0 saturated heterocycles. The Bertz CT molecular complexity index is 887. The number of carbonyl (C=O) groups is 1. The van der Waals surface area contributed by atoms with Gasteiger partial charge in [0.05, 0.1) is 5.41 Å². The average molecular weight is 337 g/mol. The fourth-order valence-corrected chi connectivity index (χ4v) is 3.23. The first-order chi connectivity index (χ1) is 12.2. The first-order valence-electron chi connectivity index (χ1n) is 8.11. The minimum atomic E-state index is -0.589. The average Bonchev–Trinajstić information content (AvgIpc) is 3.10. The van der Waals surface area contributed by atoms with Crippen LogP contribution in [0.25, 0.3) is 11.5 Å².